The second-order valence-corrected chi connectivity index (χ2v) is 3.13. The number of ether oxygens (including phenoxy) is 2. The molecule has 0 aromatic carbocycles. The zero-order valence-corrected chi connectivity index (χ0v) is 7.16. The Morgan fingerprint density at radius 2 is 2.50 bits per heavy atom. The number of nitrogens with zero attached hydrogens (tertiary/aromatic N) is 1. The van der Waals surface area contributed by atoms with Crippen molar-refractivity contribution < 1.29 is 14.3 Å². The number of hydrogen-bond acceptors (Lipinski definition) is 3. The lowest BCUT2D eigenvalue weighted by atomic mass is 10.2. The Morgan fingerprint density at radius 1 is 1.67 bits per heavy atom. The number of hydrogen-bond donors (Lipinski definition) is 0. The number of cyclic esters (lactones) is 1. The van der Waals surface area contributed by atoms with Gasteiger partial charge < -0.3 is 9.47 Å². The topological polar surface area (TPSA) is 38.8 Å². The van der Waals surface area contributed by atoms with Crippen molar-refractivity contribution in [2.45, 2.75) is 32.0 Å². The van der Waals surface area contributed by atoms with E-state index in [-0.39, 0.29) is 18.4 Å². The highest BCUT2D eigenvalue weighted by Gasteiger charge is 2.43. The van der Waals surface area contributed by atoms with Crippen molar-refractivity contribution in [2.24, 2.45) is 0 Å². The van der Waals surface area contributed by atoms with Gasteiger partial charge in [0.25, 0.3) is 0 Å². The fraction of sp³-hybridized carbons (Fsp3) is 0.875. The van der Waals surface area contributed by atoms with Gasteiger partial charge in [-0.05, 0) is 19.8 Å². The van der Waals surface area contributed by atoms with Gasteiger partial charge in [0.15, 0.2) is 0 Å². The monoisotopic (exact) mass is 171 g/mol. The molecule has 2 rings (SSSR count). The number of fused-ring (bicyclic) bond motifs is 1. The summed E-state index contributed by atoms with van der Waals surface area (Å²) in [5, 5.41) is 0. The minimum Gasteiger partial charge on any atom is -0.447 e. The molecule has 0 aromatic rings. The van der Waals surface area contributed by atoms with Crippen LogP contribution >= 0.6 is 0 Å². The molecule has 12 heavy (non-hydrogen) atoms. The number of carbonyl (C=O) groups is 1. The van der Waals surface area contributed by atoms with Crippen molar-refractivity contribution >= 4 is 6.09 Å². The first-order valence-electron chi connectivity index (χ1n) is 4.39. The number of rotatable bonds is 2. The van der Waals surface area contributed by atoms with E-state index in [1.807, 2.05) is 6.92 Å². The van der Waals surface area contributed by atoms with E-state index in [9.17, 15) is 4.79 Å². The van der Waals surface area contributed by atoms with Crippen LogP contribution in [0.15, 0.2) is 0 Å². The number of carbonyl (C=O) groups excluding carboxylic acids is 1. The molecular weight excluding hydrogens is 158 g/mol. The molecule has 2 fully saturated rings. The summed E-state index contributed by atoms with van der Waals surface area (Å²) in [5.74, 6) is 0. The molecule has 2 aliphatic heterocycles. The second-order valence-electron chi connectivity index (χ2n) is 3.13. The summed E-state index contributed by atoms with van der Waals surface area (Å²) in [7, 11) is 0. The van der Waals surface area contributed by atoms with E-state index in [1.165, 1.54) is 0 Å². The Bertz CT molecular complexity index is 193. The highest BCUT2D eigenvalue weighted by atomic mass is 16.6. The Kier molecular flexibility index (Phi) is 1.92. The van der Waals surface area contributed by atoms with Crippen LogP contribution in [0.1, 0.15) is 19.8 Å². The van der Waals surface area contributed by atoms with Crippen LogP contribution in [-0.4, -0.2) is 36.5 Å². The lowest BCUT2D eigenvalue weighted by molar-refractivity contribution is -0.0148. The van der Waals surface area contributed by atoms with Gasteiger partial charge in [-0.3, -0.25) is 4.90 Å². The second kappa shape index (κ2) is 2.94. The van der Waals surface area contributed by atoms with Gasteiger partial charge in [-0.1, -0.05) is 0 Å². The van der Waals surface area contributed by atoms with E-state index in [0.717, 1.165) is 12.8 Å². The van der Waals surface area contributed by atoms with Crippen molar-refractivity contribution in [2.75, 3.05) is 13.2 Å². The predicted molar refractivity (Wildman–Crippen MR) is 41.6 cm³/mol. The lowest BCUT2D eigenvalue weighted by Gasteiger charge is -2.20. The smallest absolute Gasteiger partial charge is 0.412 e. The molecule has 0 spiro atoms. The van der Waals surface area contributed by atoms with Gasteiger partial charge in [-0.2, -0.15) is 0 Å². The standard InChI is InChI=1S/C8H13NO3/c1-2-11-7-4-3-6-5-12-8(10)9(6)7/h6-7H,2-5H2,1H3/t6-,7?/m0/s1. The van der Waals surface area contributed by atoms with Crippen LogP contribution in [0.2, 0.25) is 0 Å². The molecule has 0 radical (unpaired) electrons. The SMILES string of the molecule is CCOC1CC[C@H]2COC(=O)N12. The van der Waals surface area contributed by atoms with E-state index in [1.54, 1.807) is 4.90 Å². The van der Waals surface area contributed by atoms with Crippen molar-refractivity contribution in [1.29, 1.82) is 0 Å². The normalized spacial score (nSPS) is 33.8. The summed E-state index contributed by atoms with van der Waals surface area (Å²) in [6, 6.07) is 0.272. The summed E-state index contributed by atoms with van der Waals surface area (Å²) < 4.78 is 10.3. The highest BCUT2D eigenvalue weighted by Crippen LogP contribution is 2.29. The fourth-order valence-electron chi connectivity index (χ4n) is 1.88. The maximum absolute atomic E-state index is 11.2. The van der Waals surface area contributed by atoms with Gasteiger partial charge in [0.2, 0.25) is 0 Å². The van der Waals surface area contributed by atoms with E-state index in [0.29, 0.717) is 13.2 Å². The Morgan fingerprint density at radius 3 is 3.25 bits per heavy atom. The maximum atomic E-state index is 11.2. The maximum Gasteiger partial charge on any atom is 0.412 e. The van der Waals surface area contributed by atoms with E-state index in [4.69, 9.17) is 9.47 Å². The van der Waals surface area contributed by atoms with Crippen molar-refractivity contribution in [3.63, 3.8) is 0 Å². The molecule has 68 valence electrons. The van der Waals surface area contributed by atoms with E-state index >= 15 is 0 Å². The summed E-state index contributed by atoms with van der Waals surface area (Å²) in [5.41, 5.74) is 0. The molecule has 0 aromatic heterocycles. The highest BCUT2D eigenvalue weighted by molar-refractivity contribution is 5.70. The molecule has 1 unspecified atom stereocenters. The van der Waals surface area contributed by atoms with Gasteiger partial charge in [-0.15, -0.1) is 0 Å². The zero-order chi connectivity index (χ0) is 8.55. The molecule has 2 aliphatic rings. The molecule has 2 heterocycles. The van der Waals surface area contributed by atoms with Gasteiger partial charge in [0.05, 0.1) is 6.04 Å². The van der Waals surface area contributed by atoms with Crippen LogP contribution in [0.25, 0.3) is 0 Å². The average molecular weight is 171 g/mol. The van der Waals surface area contributed by atoms with Gasteiger partial charge in [0, 0.05) is 6.61 Å². The average Bonchev–Trinajstić information content (AvgIpc) is 2.58. The first kappa shape index (κ1) is 7.86. The zero-order valence-electron chi connectivity index (χ0n) is 7.16. The van der Waals surface area contributed by atoms with Crippen LogP contribution in [0.4, 0.5) is 4.79 Å². The largest absolute Gasteiger partial charge is 0.447 e. The predicted octanol–water partition coefficient (Wildman–Crippen LogP) is 0.964. The molecule has 2 saturated heterocycles. The molecule has 0 aliphatic carbocycles. The first-order valence-corrected chi connectivity index (χ1v) is 4.39. The Hall–Kier alpha value is -0.770. The molecule has 0 saturated carbocycles. The third-order valence-electron chi connectivity index (χ3n) is 2.42. The van der Waals surface area contributed by atoms with Crippen molar-refractivity contribution in [3.05, 3.63) is 0 Å². The third-order valence-corrected chi connectivity index (χ3v) is 2.42. The Labute approximate surface area is 71.4 Å². The fourth-order valence-corrected chi connectivity index (χ4v) is 1.88. The summed E-state index contributed by atoms with van der Waals surface area (Å²) in [4.78, 5) is 12.9. The molecule has 2 atom stereocenters. The first-order chi connectivity index (χ1) is 5.83. The van der Waals surface area contributed by atoms with Gasteiger partial charge in [-0.25, -0.2) is 4.79 Å². The van der Waals surface area contributed by atoms with Crippen LogP contribution in [0.3, 0.4) is 0 Å². The summed E-state index contributed by atoms with van der Waals surface area (Å²) >= 11 is 0. The Balaban J connectivity index is 2.04. The summed E-state index contributed by atoms with van der Waals surface area (Å²) in [6.07, 6.45) is 1.72. The third kappa shape index (κ3) is 1.06. The van der Waals surface area contributed by atoms with Gasteiger partial charge >= 0.3 is 6.09 Å². The molecule has 0 bridgehead atoms. The van der Waals surface area contributed by atoms with E-state index < -0.39 is 0 Å². The van der Waals surface area contributed by atoms with Crippen LogP contribution < -0.4 is 0 Å². The minimum absolute atomic E-state index is 0.0324. The quantitative estimate of drug-likeness (QED) is 0.621. The van der Waals surface area contributed by atoms with Crippen molar-refractivity contribution in [3.8, 4) is 0 Å². The van der Waals surface area contributed by atoms with Crippen molar-refractivity contribution in [1.82, 2.24) is 4.90 Å². The van der Waals surface area contributed by atoms with E-state index in [2.05, 4.69) is 0 Å². The van der Waals surface area contributed by atoms with Crippen LogP contribution in [-0.2, 0) is 9.47 Å². The van der Waals surface area contributed by atoms with Crippen LogP contribution in [0.5, 0.6) is 0 Å². The molecule has 0 N–H and O–H groups in total. The van der Waals surface area contributed by atoms with Crippen LogP contribution in [0, 0.1) is 0 Å². The minimum atomic E-state index is -0.212. The molecule has 4 heteroatoms. The molecule has 1 amide bonds. The molecule has 4 nitrogen and oxygen atoms in total. The lowest BCUT2D eigenvalue weighted by Crippen LogP contribution is -2.36. The number of amides is 1. The molecular formula is C8H13NO3. The van der Waals surface area contributed by atoms with Gasteiger partial charge in [0.1, 0.15) is 12.8 Å². The summed E-state index contributed by atoms with van der Waals surface area (Å²) in [6.45, 7) is 3.14.